The summed E-state index contributed by atoms with van der Waals surface area (Å²) in [6, 6.07) is 5.84. The van der Waals surface area contributed by atoms with Crippen molar-refractivity contribution in [2.45, 2.75) is 58.5 Å². The minimum absolute atomic E-state index is 0.137. The van der Waals surface area contributed by atoms with Crippen molar-refractivity contribution in [3.8, 4) is 0 Å². The van der Waals surface area contributed by atoms with Crippen molar-refractivity contribution in [2.24, 2.45) is 0 Å². The van der Waals surface area contributed by atoms with Crippen molar-refractivity contribution in [1.82, 2.24) is 15.2 Å². The molecule has 2 aromatic rings. The summed E-state index contributed by atoms with van der Waals surface area (Å²) in [4.78, 5) is 29.6. The predicted molar refractivity (Wildman–Crippen MR) is 107 cm³/mol. The van der Waals surface area contributed by atoms with Gasteiger partial charge in [-0.25, -0.2) is 4.79 Å². The van der Waals surface area contributed by atoms with E-state index in [0.29, 0.717) is 5.56 Å². The zero-order chi connectivity index (χ0) is 19.4. The van der Waals surface area contributed by atoms with Crippen LogP contribution in [-0.2, 0) is 6.54 Å². The van der Waals surface area contributed by atoms with Crippen LogP contribution in [0, 0.1) is 13.8 Å². The topological polar surface area (TPSA) is 85.4 Å². The molecular weight excluding hydrogens is 342 g/mol. The monoisotopic (exact) mass is 371 g/mol. The second kappa shape index (κ2) is 8.57. The molecule has 1 heterocycles. The summed E-state index contributed by atoms with van der Waals surface area (Å²) in [5, 5.41) is 13.4. The van der Waals surface area contributed by atoms with Crippen LogP contribution in [0.2, 0.25) is 0 Å². The normalized spacial score (nSPS) is 15.1. The van der Waals surface area contributed by atoms with E-state index in [-0.39, 0.29) is 37.3 Å². The lowest BCUT2D eigenvalue weighted by atomic mass is 9.96. The zero-order valence-electron chi connectivity index (χ0n) is 16.2. The van der Waals surface area contributed by atoms with Gasteiger partial charge in [0.1, 0.15) is 0 Å². The van der Waals surface area contributed by atoms with E-state index >= 15 is 0 Å². The summed E-state index contributed by atoms with van der Waals surface area (Å²) < 4.78 is 0. The highest BCUT2D eigenvalue weighted by atomic mass is 16.3. The molecule has 1 aliphatic carbocycles. The molecule has 1 aromatic carbocycles. The fourth-order valence-electron chi connectivity index (χ4n) is 3.73. The Bertz CT molecular complexity index is 869. The van der Waals surface area contributed by atoms with Crippen LogP contribution in [0.5, 0.6) is 0 Å². The first-order valence-corrected chi connectivity index (χ1v) is 9.77. The molecule has 3 rings (SSSR count). The molecule has 6 nitrogen and oxygen atoms in total. The molecule has 0 saturated heterocycles. The number of aromatic amines is 1. The number of hydrogen-bond donors (Lipinski definition) is 3. The maximum atomic E-state index is 12.7. The quantitative estimate of drug-likeness (QED) is 0.755. The van der Waals surface area contributed by atoms with Crippen LogP contribution in [0.4, 0.5) is 4.79 Å². The number of aliphatic hydroxyl groups is 1. The Hall–Kier alpha value is -2.34. The Labute approximate surface area is 159 Å². The van der Waals surface area contributed by atoms with Gasteiger partial charge in [0.05, 0.1) is 13.2 Å². The highest BCUT2D eigenvalue weighted by molar-refractivity contribution is 5.81. The molecular formula is C21H29N3O3. The van der Waals surface area contributed by atoms with E-state index in [4.69, 9.17) is 0 Å². The standard InChI is InChI=1S/C21H29N3O3/c1-14-10-16-12-17(20(26)23-19(16)11-15(14)2)13-24(8-9-25)21(27)22-18-6-4-3-5-7-18/h10-12,18,25H,3-9,13H2,1-2H3,(H,22,27)(H,23,26). The Balaban J connectivity index is 1.80. The maximum absolute atomic E-state index is 12.7. The number of aromatic nitrogens is 1. The van der Waals surface area contributed by atoms with E-state index in [0.717, 1.165) is 47.7 Å². The van der Waals surface area contributed by atoms with Gasteiger partial charge in [0.15, 0.2) is 0 Å². The zero-order valence-corrected chi connectivity index (χ0v) is 16.2. The SMILES string of the molecule is Cc1cc2cc(CN(CCO)C(=O)NC3CCCCC3)c(=O)[nH]c2cc1C. The average Bonchev–Trinajstić information content (AvgIpc) is 2.64. The van der Waals surface area contributed by atoms with Crippen LogP contribution >= 0.6 is 0 Å². The number of aryl methyl sites for hydroxylation is 2. The summed E-state index contributed by atoms with van der Waals surface area (Å²) in [7, 11) is 0. The molecule has 1 aliphatic rings. The van der Waals surface area contributed by atoms with Gasteiger partial charge in [0.2, 0.25) is 0 Å². The number of fused-ring (bicyclic) bond motifs is 1. The third kappa shape index (κ3) is 4.69. The molecule has 3 N–H and O–H groups in total. The molecule has 27 heavy (non-hydrogen) atoms. The van der Waals surface area contributed by atoms with Crippen LogP contribution in [0.1, 0.15) is 48.8 Å². The molecule has 0 bridgehead atoms. The first-order chi connectivity index (χ1) is 13.0. The number of aliphatic hydroxyl groups excluding tert-OH is 1. The number of nitrogens with zero attached hydrogens (tertiary/aromatic N) is 1. The number of carbonyl (C=O) groups is 1. The van der Waals surface area contributed by atoms with E-state index in [1.165, 1.54) is 11.3 Å². The molecule has 2 amide bonds. The number of pyridine rings is 1. The van der Waals surface area contributed by atoms with Crippen molar-refractivity contribution in [2.75, 3.05) is 13.2 Å². The number of carbonyl (C=O) groups excluding carboxylic acids is 1. The van der Waals surface area contributed by atoms with E-state index in [9.17, 15) is 14.7 Å². The Morgan fingerprint density at radius 2 is 1.89 bits per heavy atom. The van der Waals surface area contributed by atoms with Gasteiger partial charge in [0, 0.05) is 23.7 Å². The second-order valence-electron chi connectivity index (χ2n) is 7.58. The highest BCUT2D eigenvalue weighted by Crippen LogP contribution is 2.19. The van der Waals surface area contributed by atoms with Crippen molar-refractivity contribution in [3.05, 3.63) is 45.2 Å². The first-order valence-electron chi connectivity index (χ1n) is 9.77. The van der Waals surface area contributed by atoms with E-state index in [2.05, 4.69) is 10.3 Å². The maximum Gasteiger partial charge on any atom is 0.317 e. The molecule has 0 atom stereocenters. The molecule has 6 heteroatoms. The van der Waals surface area contributed by atoms with Crippen LogP contribution < -0.4 is 10.9 Å². The third-order valence-corrected chi connectivity index (χ3v) is 5.49. The summed E-state index contributed by atoms with van der Waals surface area (Å²) >= 11 is 0. The molecule has 0 unspecified atom stereocenters. The fraction of sp³-hybridized carbons (Fsp3) is 0.524. The molecule has 0 aliphatic heterocycles. The minimum Gasteiger partial charge on any atom is -0.395 e. The van der Waals surface area contributed by atoms with Gasteiger partial charge >= 0.3 is 6.03 Å². The Morgan fingerprint density at radius 1 is 1.19 bits per heavy atom. The predicted octanol–water partition coefficient (Wildman–Crippen LogP) is 2.98. The number of hydrogen-bond acceptors (Lipinski definition) is 3. The van der Waals surface area contributed by atoms with E-state index in [1.807, 2.05) is 32.0 Å². The van der Waals surface area contributed by atoms with E-state index < -0.39 is 0 Å². The third-order valence-electron chi connectivity index (χ3n) is 5.49. The van der Waals surface area contributed by atoms with Crippen LogP contribution in [0.3, 0.4) is 0 Å². The Kier molecular flexibility index (Phi) is 6.16. The highest BCUT2D eigenvalue weighted by Gasteiger charge is 2.21. The summed E-state index contributed by atoms with van der Waals surface area (Å²) in [6.45, 7) is 4.29. The van der Waals surface area contributed by atoms with Crippen molar-refractivity contribution in [1.29, 1.82) is 0 Å². The van der Waals surface area contributed by atoms with E-state index in [1.54, 1.807) is 0 Å². The number of nitrogens with one attached hydrogen (secondary N) is 2. The number of urea groups is 1. The summed E-state index contributed by atoms with van der Waals surface area (Å²) in [6.07, 6.45) is 5.47. The van der Waals surface area contributed by atoms with Crippen molar-refractivity contribution in [3.63, 3.8) is 0 Å². The number of benzene rings is 1. The first kappa shape index (κ1) is 19.4. The molecule has 146 valence electrons. The number of amides is 2. The van der Waals surface area contributed by atoms with Gasteiger partial charge in [0.25, 0.3) is 5.56 Å². The molecule has 1 fully saturated rings. The van der Waals surface area contributed by atoms with Gasteiger partial charge in [-0.2, -0.15) is 0 Å². The summed E-state index contributed by atoms with van der Waals surface area (Å²) in [5.41, 5.74) is 3.41. The number of H-pyrrole nitrogens is 1. The smallest absolute Gasteiger partial charge is 0.317 e. The van der Waals surface area contributed by atoms with Gasteiger partial charge in [-0.3, -0.25) is 4.79 Å². The van der Waals surface area contributed by atoms with Gasteiger partial charge in [-0.15, -0.1) is 0 Å². The van der Waals surface area contributed by atoms with Gasteiger partial charge in [-0.05, 0) is 61.4 Å². The Morgan fingerprint density at radius 3 is 2.59 bits per heavy atom. The summed E-state index contributed by atoms with van der Waals surface area (Å²) in [5.74, 6) is 0. The molecule has 1 aromatic heterocycles. The van der Waals surface area contributed by atoms with Crippen LogP contribution in [0.25, 0.3) is 10.9 Å². The van der Waals surface area contributed by atoms with Gasteiger partial charge < -0.3 is 20.3 Å². The molecule has 0 spiro atoms. The largest absolute Gasteiger partial charge is 0.395 e. The lowest BCUT2D eigenvalue weighted by Crippen LogP contribution is -2.46. The molecule has 1 saturated carbocycles. The minimum atomic E-state index is -0.212. The van der Waals surface area contributed by atoms with Crippen molar-refractivity contribution < 1.29 is 9.90 Å². The second-order valence-corrected chi connectivity index (χ2v) is 7.58. The fourth-order valence-corrected chi connectivity index (χ4v) is 3.73. The van der Waals surface area contributed by atoms with Crippen LogP contribution in [0.15, 0.2) is 23.0 Å². The molecule has 0 radical (unpaired) electrons. The van der Waals surface area contributed by atoms with Gasteiger partial charge in [-0.1, -0.05) is 19.3 Å². The number of rotatable bonds is 5. The lowest BCUT2D eigenvalue weighted by Gasteiger charge is -2.28. The van der Waals surface area contributed by atoms with Crippen LogP contribution in [-0.4, -0.2) is 40.2 Å². The van der Waals surface area contributed by atoms with Crippen molar-refractivity contribution >= 4 is 16.9 Å². The average molecular weight is 371 g/mol. The lowest BCUT2D eigenvalue weighted by molar-refractivity contribution is 0.168.